The number of hydrogen-bond donors (Lipinski definition) is 1. The van der Waals surface area contributed by atoms with Crippen LogP contribution in [0.15, 0.2) is 24.3 Å². The Morgan fingerprint density at radius 3 is 2.52 bits per heavy atom. The maximum atomic E-state index is 13.2. The fourth-order valence-electron chi connectivity index (χ4n) is 3.30. The van der Waals surface area contributed by atoms with Crippen LogP contribution < -0.4 is 5.73 Å². The standard InChI is InChI=1S/C17H25FN2O/c1-20(12-14-7-6-8-15(18)11-14)16(21)17(13-19)9-4-2-3-5-10-17/h6-8,11H,2-5,9-10,12-13,19H2,1H3. The molecule has 1 aliphatic carbocycles. The van der Waals surface area contributed by atoms with Crippen LogP contribution in [0.2, 0.25) is 0 Å². The maximum Gasteiger partial charge on any atom is 0.230 e. The molecule has 0 spiro atoms. The second-order valence-electron chi connectivity index (χ2n) is 6.19. The topological polar surface area (TPSA) is 46.3 Å². The molecule has 116 valence electrons. The van der Waals surface area contributed by atoms with E-state index in [9.17, 15) is 9.18 Å². The molecule has 3 nitrogen and oxygen atoms in total. The molecule has 0 bridgehead atoms. The van der Waals surface area contributed by atoms with Gasteiger partial charge >= 0.3 is 0 Å². The van der Waals surface area contributed by atoms with Gasteiger partial charge in [0.15, 0.2) is 0 Å². The minimum Gasteiger partial charge on any atom is -0.341 e. The second-order valence-corrected chi connectivity index (χ2v) is 6.19. The van der Waals surface area contributed by atoms with Gasteiger partial charge in [-0.15, -0.1) is 0 Å². The summed E-state index contributed by atoms with van der Waals surface area (Å²) < 4.78 is 13.2. The van der Waals surface area contributed by atoms with E-state index >= 15 is 0 Å². The fraction of sp³-hybridized carbons (Fsp3) is 0.588. The van der Waals surface area contributed by atoms with Crippen LogP contribution in [0.5, 0.6) is 0 Å². The molecule has 1 aliphatic rings. The zero-order valence-electron chi connectivity index (χ0n) is 12.8. The van der Waals surface area contributed by atoms with Crippen molar-refractivity contribution < 1.29 is 9.18 Å². The van der Waals surface area contributed by atoms with Crippen LogP contribution in [0.25, 0.3) is 0 Å². The van der Waals surface area contributed by atoms with Gasteiger partial charge in [0.1, 0.15) is 5.82 Å². The molecule has 0 aliphatic heterocycles. The summed E-state index contributed by atoms with van der Waals surface area (Å²) in [7, 11) is 1.79. The first kappa shape index (κ1) is 16.0. The Bertz CT molecular complexity index is 481. The van der Waals surface area contributed by atoms with Gasteiger partial charge in [-0.25, -0.2) is 4.39 Å². The number of benzene rings is 1. The molecule has 0 atom stereocenters. The van der Waals surface area contributed by atoms with Gasteiger partial charge < -0.3 is 10.6 Å². The number of hydrogen-bond acceptors (Lipinski definition) is 2. The minimum absolute atomic E-state index is 0.108. The third-order valence-electron chi connectivity index (χ3n) is 4.56. The summed E-state index contributed by atoms with van der Waals surface area (Å²) in [4.78, 5) is 14.5. The van der Waals surface area contributed by atoms with E-state index in [1.807, 2.05) is 6.07 Å². The van der Waals surface area contributed by atoms with Crippen molar-refractivity contribution in [3.63, 3.8) is 0 Å². The molecule has 1 amide bonds. The number of rotatable bonds is 4. The predicted octanol–water partition coefficient (Wildman–Crippen LogP) is 3.08. The van der Waals surface area contributed by atoms with E-state index in [-0.39, 0.29) is 11.7 Å². The van der Waals surface area contributed by atoms with E-state index in [1.54, 1.807) is 18.0 Å². The summed E-state index contributed by atoms with van der Waals surface area (Å²) >= 11 is 0. The molecule has 2 N–H and O–H groups in total. The van der Waals surface area contributed by atoms with Crippen molar-refractivity contribution in [1.29, 1.82) is 0 Å². The van der Waals surface area contributed by atoms with E-state index in [2.05, 4.69) is 0 Å². The summed E-state index contributed by atoms with van der Waals surface area (Å²) in [6, 6.07) is 6.41. The van der Waals surface area contributed by atoms with Crippen LogP contribution in [0.1, 0.15) is 44.1 Å². The molecule has 0 unspecified atom stereocenters. The molecule has 21 heavy (non-hydrogen) atoms. The minimum atomic E-state index is -0.418. The lowest BCUT2D eigenvalue weighted by Gasteiger charge is -2.34. The number of nitrogens with two attached hydrogens (primary N) is 1. The van der Waals surface area contributed by atoms with E-state index in [4.69, 9.17) is 5.73 Å². The van der Waals surface area contributed by atoms with E-state index < -0.39 is 5.41 Å². The van der Waals surface area contributed by atoms with E-state index in [1.165, 1.54) is 25.0 Å². The molecule has 2 rings (SSSR count). The molecule has 0 saturated heterocycles. The molecule has 1 fully saturated rings. The maximum absolute atomic E-state index is 13.2. The molecule has 0 aromatic heterocycles. The monoisotopic (exact) mass is 292 g/mol. The highest BCUT2D eigenvalue weighted by atomic mass is 19.1. The molecular weight excluding hydrogens is 267 g/mol. The van der Waals surface area contributed by atoms with E-state index in [0.717, 1.165) is 31.2 Å². The van der Waals surface area contributed by atoms with Gasteiger partial charge in [0.05, 0.1) is 5.41 Å². The van der Waals surface area contributed by atoms with Crippen molar-refractivity contribution in [2.45, 2.75) is 45.1 Å². The number of amides is 1. The number of carbonyl (C=O) groups is 1. The predicted molar refractivity (Wildman–Crippen MR) is 82.1 cm³/mol. The summed E-state index contributed by atoms with van der Waals surface area (Å²) in [6.07, 6.45) is 6.24. The Labute approximate surface area is 126 Å². The van der Waals surface area contributed by atoms with Gasteiger partial charge in [0.25, 0.3) is 0 Å². The third-order valence-corrected chi connectivity index (χ3v) is 4.56. The van der Waals surface area contributed by atoms with Crippen LogP contribution in [-0.2, 0) is 11.3 Å². The van der Waals surface area contributed by atoms with Crippen molar-refractivity contribution >= 4 is 5.91 Å². The van der Waals surface area contributed by atoms with Crippen LogP contribution in [0.3, 0.4) is 0 Å². The Kier molecular flexibility index (Phi) is 5.34. The van der Waals surface area contributed by atoms with Crippen molar-refractivity contribution in [3.05, 3.63) is 35.6 Å². The van der Waals surface area contributed by atoms with Crippen LogP contribution >= 0.6 is 0 Å². The van der Waals surface area contributed by atoms with Crippen molar-refractivity contribution in [2.75, 3.05) is 13.6 Å². The molecule has 0 heterocycles. The van der Waals surface area contributed by atoms with Crippen molar-refractivity contribution in [1.82, 2.24) is 4.90 Å². The zero-order chi connectivity index (χ0) is 15.3. The van der Waals surface area contributed by atoms with Crippen molar-refractivity contribution in [2.24, 2.45) is 11.1 Å². The summed E-state index contributed by atoms with van der Waals surface area (Å²) in [5, 5.41) is 0. The van der Waals surface area contributed by atoms with Crippen LogP contribution in [-0.4, -0.2) is 24.4 Å². The second kappa shape index (κ2) is 7.03. The first-order chi connectivity index (χ1) is 10.1. The lowest BCUT2D eigenvalue weighted by Crippen LogP contribution is -2.46. The highest BCUT2D eigenvalue weighted by Crippen LogP contribution is 2.36. The molecule has 0 radical (unpaired) electrons. The summed E-state index contributed by atoms with van der Waals surface area (Å²) in [5.74, 6) is -0.160. The lowest BCUT2D eigenvalue weighted by molar-refractivity contribution is -0.141. The van der Waals surface area contributed by atoms with Gasteiger partial charge in [-0.3, -0.25) is 4.79 Å². The van der Waals surface area contributed by atoms with Crippen molar-refractivity contribution in [3.8, 4) is 0 Å². The van der Waals surface area contributed by atoms with Crippen LogP contribution in [0.4, 0.5) is 4.39 Å². The molecule has 1 aromatic carbocycles. The molecular formula is C17H25FN2O. The first-order valence-electron chi connectivity index (χ1n) is 7.77. The van der Waals surface area contributed by atoms with Gasteiger partial charge in [-0.2, -0.15) is 0 Å². The third kappa shape index (κ3) is 3.82. The summed E-state index contributed by atoms with van der Waals surface area (Å²) in [6.45, 7) is 0.831. The average molecular weight is 292 g/mol. The Balaban J connectivity index is 2.09. The van der Waals surface area contributed by atoms with Gasteiger partial charge in [0, 0.05) is 20.1 Å². The van der Waals surface area contributed by atoms with Gasteiger partial charge in [-0.05, 0) is 30.5 Å². The quantitative estimate of drug-likeness (QED) is 0.867. The molecule has 1 aromatic rings. The number of carbonyl (C=O) groups excluding carboxylic acids is 1. The smallest absolute Gasteiger partial charge is 0.230 e. The molecule has 1 saturated carbocycles. The zero-order valence-corrected chi connectivity index (χ0v) is 12.8. The fourth-order valence-corrected chi connectivity index (χ4v) is 3.30. The lowest BCUT2D eigenvalue weighted by atomic mass is 9.79. The van der Waals surface area contributed by atoms with E-state index in [0.29, 0.717) is 13.1 Å². The Morgan fingerprint density at radius 1 is 1.29 bits per heavy atom. The van der Waals surface area contributed by atoms with Crippen LogP contribution in [0, 0.1) is 11.2 Å². The summed E-state index contributed by atoms with van der Waals surface area (Å²) in [5.41, 5.74) is 6.35. The largest absolute Gasteiger partial charge is 0.341 e. The normalized spacial score (nSPS) is 18.0. The highest BCUT2D eigenvalue weighted by Gasteiger charge is 2.38. The first-order valence-corrected chi connectivity index (χ1v) is 7.77. The molecule has 4 heteroatoms. The number of nitrogens with zero attached hydrogens (tertiary/aromatic N) is 1. The van der Waals surface area contributed by atoms with Gasteiger partial charge in [0.2, 0.25) is 5.91 Å². The Morgan fingerprint density at radius 2 is 1.95 bits per heavy atom. The average Bonchev–Trinajstić information content (AvgIpc) is 2.72. The highest BCUT2D eigenvalue weighted by molar-refractivity contribution is 5.82. The Hall–Kier alpha value is -1.42. The SMILES string of the molecule is CN(Cc1cccc(F)c1)C(=O)C1(CN)CCCCCC1. The number of halogens is 1. The van der Waals surface area contributed by atoms with Gasteiger partial charge in [-0.1, -0.05) is 37.8 Å².